The Morgan fingerprint density at radius 3 is 0.891 bits per heavy atom. The van der Waals surface area contributed by atoms with Gasteiger partial charge in [0.15, 0.2) is 6.10 Å². The highest BCUT2D eigenvalue weighted by Gasteiger charge is 2.19. The zero-order valence-corrected chi connectivity index (χ0v) is 37.6. The molecule has 55 heavy (non-hydrogen) atoms. The molecule has 0 aliphatic carbocycles. The Morgan fingerprint density at radius 2 is 0.600 bits per heavy atom. The van der Waals surface area contributed by atoms with Crippen LogP contribution in [0.3, 0.4) is 0 Å². The molecule has 0 radical (unpaired) electrons. The zero-order valence-electron chi connectivity index (χ0n) is 37.6. The lowest BCUT2D eigenvalue weighted by atomic mass is 10.0. The van der Waals surface area contributed by atoms with E-state index < -0.39 is 6.10 Å². The van der Waals surface area contributed by atoms with Gasteiger partial charge < -0.3 is 14.2 Å². The minimum atomic E-state index is -0.760. The van der Waals surface area contributed by atoms with Crippen molar-refractivity contribution < 1.29 is 28.6 Å². The Kier molecular flexibility index (Phi) is 40.8. The molecule has 6 heteroatoms. The number of esters is 3. The number of carbonyl (C=O) groups is 3. The molecule has 0 spiro atoms. The molecule has 0 aliphatic rings. The molecule has 0 N–H and O–H groups in total. The van der Waals surface area contributed by atoms with Gasteiger partial charge in [0.05, 0.1) is 0 Å². The van der Waals surface area contributed by atoms with Crippen molar-refractivity contribution in [3.8, 4) is 0 Å². The van der Waals surface area contributed by atoms with Gasteiger partial charge in [-0.25, -0.2) is 0 Å². The van der Waals surface area contributed by atoms with E-state index in [4.69, 9.17) is 14.2 Å². The highest BCUT2D eigenvalue weighted by molar-refractivity contribution is 5.71. The molecule has 326 valence electrons. The number of carbonyl (C=O) groups excluding carboxylic acids is 3. The van der Waals surface area contributed by atoms with Gasteiger partial charge in [-0.05, 0) is 31.1 Å². The molecule has 0 aromatic heterocycles. The van der Waals surface area contributed by atoms with E-state index in [0.29, 0.717) is 19.3 Å². The van der Waals surface area contributed by atoms with Crippen LogP contribution in [-0.2, 0) is 28.6 Å². The quantitative estimate of drug-likeness (QED) is 0.0348. The number of hydrogen-bond donors (Lipinski definition) is 0. The van der Waals surface area contributed by atoms with Gasteiger partial charge in [0.2, 0.25) is 0 Å². The fourth-order valence-electron chi connectivity index (χ4n) is 7.28. The van der Waals surface area contributed by atoms with Crippen molar-refractivity contribution in [2.75, 3.05) is 13.2 Å². The lowest BCUT2D eigenvalue weighted by Crippen LogP contribution is -2.30. The maximum absolute atomic E-state index is 12.7. The summed E-state index contributed by atoms with van der Waals surface area (Å²) < 4.78 is 16.7. The molecule has 0 aliphatic heterocycles. The van der Waals surface area contributed by atoms with Gasteiger partial charge in [-0.15, -0.1) is 0 Å². The van der Waals surface area contributed by atoms with Gasteiger partial charge in [0.1, 0.15) is 13.2 Å². The van der Waals surface area contributed by atoms with Gasteiger partial charge in [-0.3, -0.25) is 14.4 Å². The predicted molar refractivity (Wildman–Crippen MR) is 233 cm³/mol. The Morgan fingerprint density at radius 1 is 0.345 bits per heavy atom. The highest BCUT2D eigenvalue weighted by atomic mass is 16.6. The molecule has 0 aromatic rings. The van der Waals surface area contributed by atoms with Crippen LogP contribution in [0, 0.1) is 11.8 Å². The van der Waals surface area contributed by atoms with E-state index in [1.165, 1.54) is 154 Å². The molecule has 6 nitrogen and oxygen atoms in total. The number of unbranched alkanes of at least 4 members (excludes halogenated alkanes) is 28. The zero-order chi connectivity index (χ0) is 40.5. The summed E-state index contributed by atoms with van der Waals surface area (Å²) in [6, 6.07) is 0. The summed E-state index contributed by atoms with van der Waals surface area (Å²) in [6.45, 7) is 11.3. The lowest BCUT2D eigenvalue weighted by molar-refractivity contribution is -0.167. The normalized spacial score (nSPS) is 12.1. The molecule has 0 bridgehead atoms. The van der Waals surface area contributed by atoms with Crippen LogP contribution >= 0.6 is 0 Å². The molecule has 0 saturated carbocycles. The van der Waals surface area contributed by atoms with Crippen LogP contribution in [0.1, 0.15) is 266 Å². The maximum atomic E-state index is 12.7. The highest BCUT2D eigenvalue weighted by Crippen LogP contribution is 2.17. The Labute approximate surface area is 342 Å². The minimum absolute atomic E-state index is 0.0646. The van der Waals surface area contributed by atoms with Gasteiger partial charge in [-0.1, -0.05) is 227 Å². The fraction of sp³-hybridized carbons (Fsp3) is 0.939. The summed E-state index contributed by atoms with van der Waals surface area (Å²) in [5.41, 5.74) is 0. The van der Waals surface area contributed by atoms with Crippen LogP contribution in [0.5, 0.6) is 0 Å². The van der Waals surface area contributed by atoms with Crippen molar-refractivity contribution in [3.63, 3.8) is 0 Å². The first-order valence-corrected chi connectivity index (χ1v) is 24.2. The van der Waals surface area contributed by atoms with Gasteiger partial charge >= 0.3 is 17.9 Å². The SMILES string of the molecule is CCCCCCCCCCCC(=O)O[C@H](COC(=O)CCCCCCCCCCCCCCCCC(C)C)COC(=O)CCCCCCCCCCC(C)C. The first-order chi connectivity index (χ1) is 26.7. The second kappa shape index (κ2) is 42.0. The van der Waals surface area contributed by atoms with Crippen molar-refractivity contribution in [1.29, 1.82) is 0 Å². The Bertz CT molecular complexity index is 839. The van der Waals surface area contributed by atoms with Crippen LogP contribution in [0.2, 0.25) is 0 Å². The van der Waals surface area contributed by atoms with E-state index in [1.807, 2.05) is 0 Å². The van der Waals surface area contributed by atoms with Crippen molar-refractivity contribution in [3.05, 3.63) is 0 Å². The average molecular weight is 779 g/mol. The van der Waals surface area contributed by atoms with E-state index in [0.717, 1.165) is 69.6 Å². The molecule has 0 saturated heterocycles. The number of rotatable bonds is 43. The maximum Gasteiger partial charge on any atom is 0.306 e. The topological polar surface area (TPSA) is 78.9 Å². The second-order valence-electron chi connectivity index (χ2n) is 17.7. The van der Waals surface area contributed by atoms with Crippen LogP contribution in [0.25, 0.3) is 0 Å². The van der Waals surface area contributed by atoms with Crippen LogP contribution in [-0.4, -0.2) is 37.2 Å². The molecule has 0 fully saturated rings. The lowest BCUT2D eigenvalue weighted by Gasteiger charge is -2.18. The van der Waals surface area contributed by atoms with E-state index in [9.17, 15) is 14.4 Å². The van der Waals surface area contributed by atoms with Crippen LogP contribution in [0.4, 0.5) is 0 Å². The summed E-state index contributed by atoms with van der Waals surface area (Å²) in [5, 5.41) is 0. The molecule has 0 heterocycles. The third kappa shape index (κ3) is 43.4. The number of ether oxygens (including phenoxy) is 3. The Balaban J connectivity index is 4.24. The monoisotopic (exact) mass is 779 g/mol. The smallest absolute Gasteiger partial charge is 0.306 e. The van der Waals surface area contributed by atoms with Crippen molar-refractivity contribution in [2.24, 2.45) is 11.8 Å². The molecule has 0 unspecified atom stereocenters. The second-order valence-corrected chi connectivity index (χ2v) is 17.7. The average Bonchev–Trinajstić information content (AvgIpc) is 3.15. The standard InChI is InChI=1S/C49H94O6/c1-6-7-8-9-10-17-26-31-36-41-49(52)55-46(43-54-48(51)40-35-30-25-21-20-23-28-33-38-45(4)5)42-53-47(50)39-34-29-24-19-16-14-12-11-13-15-18-22-27-32-37-44(2)3/h44-46H,6-43H2,1-5H3/t46-/m1/s1. The third-order valence-electron chi connectivity index (χ3n) is 11.0. The summed E-state index contributed by atoms with van der Waals surface area (Å²) in [4.78, 5) is 37.7. The number of hydrogen-bond acceptors (Lipinski definition) is 6. The van der Waals surface area contributed by atoms with E-state index in [2.05, 4.69) is 34.6 Å². The van der Waals surface area contributed by atoms with Gasteiger partial charge in [-0.2, -0.15) is 0 Å². The minimum Gasteiger partial charge on any atom is -0.462 e. The molecule has 0 rings (SSSR count). The van der Waals surface area contributed by atoms with Gasteiger partial charge in [0.25, 0.3) is 0 Å². The predicted octanol–water partition coefficient (Wildman–Crippen LogP) is 15.4. The van der Waals surface area contributed by atoms with Crippen LogP contribution < -0.4 is 0 Å². The Hall–Kier alpha value is -1.59. The van der Waals surface area contributed by atoms with E-state index >= 15 is 0 Å². The van der Waals surface area contributed by atoms with Crippen LogP contribution in [0.15, 0.2) is 0 Å². The van der Waals surface area contributed by atoms with Crippen molar-refractivity contribution in [2.45, 2.75) is 272 Å². The molecule has 1 atom stereocenters. The molecule has 0 aromatic carbocycles. The fourth-order valence-corrected chi connectivity index (χ4v) is 7.28. The van der Waals surface area contributed by atoms with E-state index in [1.54, 1.807) is 0 Å². The summed E-state index contributed by atoms with van der Waals surface area (Å²) in [6.07, 6.45) is 41.0. The van der Waals surface area contributed by atoms with Gasteiger partial charge in [0, 0.05) is 19.3 Å². The van der Waals surface area contributed by atoms with E-state index in [-0.39, 0.29) is 31.1 Å². The first-order valence-electron chi connectivity index (χ1n) is 24.2. The largest absolute Gasteiger partial charge is 0.462 e. The summed E-state index contributed by atoms with van der Waals surface area (Å²) in [5.74, 6) is 0.784. The summed E-state index contributed by atoms with van der Waals surface area (Å²) >= 11 is 0. The third-order valence-corrected chi connectivity index (χ3v) is 11.0. The molecular formula is C49H94O6. The summed E-state index contributed by atoms with van der Waals surface area (Å²) in [7, 11) is 0. The van der Waals surface area contributed by atoms with Crippen molar-refractivity contribution >= 4 is 17.9 Å². The molecule has 0 amide bonds. The first kappa shape index (κ1) is 53.4. The van der Waals surface area contributed by atoms with Crippen molar-refractivity contribution in [1.82, 2.24) is 0 Å². The molecular weight excluding hydrogens is 685 g/mol.